The molecule has 1 heterocycles. The zero-order valence-electron chi connectivity index (χ0n) is 12.4. The summed E-state index contributed by atoms with van der Waals surface area (Å²) in [6, 6.07) is 5.01. The number of anilines is 1. The van der Waals surface area contributed by atoms with Crippen LogP contribution in [0.1, 0.15) is 25.7 Å². The monoisotopic (exact) mass is 324 g/mol. The first kappa shape index (κ1) is 15.4. The first-order valence-corrected chi connectivity index (χ1v) is 8.16. The lowest BCUT2D eigenvalue weighted by atomic mass is 9.86. The van der Waals surface area contributed by atoms with Crippen molar-refractivity contribution in [1.29, 1.82) is 0 Å². The summed E-state index contributed by atoms with van der Waals surface area (Å²) in [5.74, 6) is 1.26. The number of urea groups is 1. The average molecular weight is 325 g/mol. The lowest BCUT2D eigenvalue weighted by molar-refractivity contribution is 0.176. The minimum Gasteiger partial charge on any atom is -0.491 e. The van der Waals surface area contributed by atoms with Gasteiger partial charge in [0.1, 0.15) is 5.75 Å². The van der Waals surface area contributed by atoms with Crippen LogP contribution in [0.2, 0.25) is 5.02 Å². The summed E-state index contributed by atoms with van der Waals surface area (Å²) in [4.78, 5) is 13.8. The van der Waals surface area contributed by atoms with Crippen LogP contribution in [0.15, 0.2) is 18.2 Å². The smallest absolute Gasteiger partial charge is 0.322 e. The van der Waals surface area contributed by atoms with E-state index in [1.807, 2.05) is 0 Å². The van der Waals surface area contributed by atoms with Gasteiger partial charge in [0.05, 0.1) is 18.4 Å². The minimum atomic E-state index is -0.431. The highest BCUT2D eigenvalue weighted by atomic mass is 35.5. The molecule has 1 atom stereocenters. The third-order valence-electron chi connectivity index (χ3n) is 4.33. The number of hydrogen-bond donors (Lipinski definition) is 2. The number of ether oxygens (including phenoxy) is 1. The molecule has 2 aliphatic rings. The number of nitrogens with zero attached hydrogens (tertiary/aromatic N) is 1. The highest BCUT2D eigenvalue weighted by Crippen LogP contribution is 2.32. The van der Waals surface area contributed by atoms with Gasteiger partial charge in [-0.05, 0) is 43.4 Å². The van der Waals surface area contributed by atoms with Crippen LogP contribution < -0.4 is 10.1 Å². The Bertz CT molecular complexity index is 548. The maximum absolute atomic E-state index is 12.2. The number of carbonyl (C=O) groups is 1. The van der Waals surface area contributed by atoms with Crippen molar-refractivity contribution >= 4 is 23.3 Å². The maximum atomic E-state index is 12.2. The summed E-state index contributed by atoms with van der Waals surface area (Å²) >= 11 is 6.02. The lowest BCUT2D eigenvalue weighted by Gasteiger charge is -2.26. The van der Waals surface area contributed by atoms with Crippen molar-refractivity contribution in [3.8, 4) is 5.75 Å². The molecule has 0 spiro atoms. The second-order valence-corrected chi connectivity index (χ2v) is 6.50. The van der Waals surface area contributed by atoms with E-state index in [1.54, 1.807) is 23.1 Å². The second-order valence-electron chi connectivity index (χ2n) is 6.07. The molecule has 2 fully saturated rings. The molecule has 5 nitrogen and oxygen atoms in total. The predicted octanol–water partition coefficient (Wildman–Crippen LogP) is 3.12. The van der Waals surface area contributed by atoms with Crippen molar-refractivity contribution in [2.24, 2.45) is 5.92 Å². The number of halogens is 1. The van der Waals surface area contributed by atoms with E-state index < -0.39 is 6.10 Å². The second kappa shape index (κ2) is 6.75. The van der Waals surface area contributed by atoms with Crippen molar-refractivity contribution in [1.82, 2.24) is 4.90 Å². The van der Waals surface area contributed by atoms with Gasteiger partial charge in [-0.1, -0.05) is 18.0 Å². The van der Waals surface area contributed by atoms with Crippen molar-refractivity contribution < 1.29 is 14.6 Å². The van der Waals surface area contributed by atoms with E-state index in [-0.39, 0.29) is 6.03 Å². The fraction of sp³-hybridized carbons (Fsp3) is 0.562. The predicted molar refractivity (Wildman–Crippen MR) is 85.5 cm³/mol. The molecule has 1 aliphatic carbocycles. The number of benzene rings is 1. The first-order chi connectivity index (χ1) is 10.6. The van der Waals surface area contributed by atoms with E-state index >= 15 is 0 Å². The fourth-order valence-electron chi connectivity index (χ4n) is 2.71. The molecule has 0 bridgehead atoms. The van der Waals surface area contributed by atoms with Crippen LogP contribution in [0.5, 0.6) is 5.75 Å². The molecule has 3 rings (SSSR count). The Balaban J connectivity index is 1.65. The number of nitrogens with one attached hydrogen (secondary N) is 1. The summed E-state index contributed by atoms with van der Waals surface area (Å²) in [5.41, 5.74) is 0.582. The molecule has 1 aromatic carbocycles. The van der Waals surface area contributed by atoms with Crippen LogP contribution in [-0.2, 0) is 0 Å². The number of aliphatic hydroxyl groups is 1. The molecule has 1 aromatic rings. The summed E-state index contributed by atoms with van der Waals surface area (Å²) in [6.07, 6.45) is 3.88. The molecule has 2 N–H and O–H groups in total. The van der Waals surface area contributed by atoms with Crippen molar-refractivity contribution in [3.63, 3.8) is 0 Å². The lowest BCUT2D eigenvalue weighted by Crippen LogP contribution is -2.33. The van der Waals surface area contributed by atoms with Gasteiger partial charge in [0.15, 0.2) is 0 Å². The third-order valence-corrected chi connectivity index (χ3v) is 4.57. The van der Waals surface area contributed by atoms with Gasteiger partial charge in [-0.2, -0.15) is 0 Å². The number of carbonyl (C=O) groups excluding carboxylic acids is 1. The van der Waals surface area contributed by atoms with E-state index in [0.29, 0.717) is 48.5 Å². The van der Waals surface area contributed by atoms with Gasteiger partial charge in [-0.15, -0.1) is 0 Å². The Morgan fingerprint density at radius 3 is 2.86 bits per heavy atom. The Morgan fingerprint density at radius 1 is 1.41 bits per heavy atom. The molecular formula is C16H21ClN2O3. The zero-order valence-corrected chi connectivity index (χ0v) is 13.2. The average Bonchev–Trinajstić information content (AvgIpc) is 2.86. The van der Waals surface area contributed by atoms with Crippen LogP contribution in [0, 0.1) is 5.92 Å². The van der Waals surface area contributed by atoms with Gasteiger partial charge in [0, 0.05) is 18.1 Å². The number of likely N-dealkylation sites (tertiary alicyclic amines) is 1. The number of aliphatic hydroxyl groups excluding tert-OH is 1. The molecule has 1 aliphatic heterocycles. The van der Waals surface area contributed by atoms with Crippen molar-refractivity contribution in [3.05, 3.63) is 23.2 Å². The molecular weight excluding hydrogens is 304 g/mol. The standard InChI is InChI=1S/C16H21ClN2O3/c17-12-4-5-15(22-10-11-2-1-3-11)14(8-12)18-16(21)19-7-6-13(20)9-19/h4-5,8,11,13,20H,1-3,6-7,9-10H2,(H,18,21). The van der Waals surface area contributed by atoms with Crippen LogP contribution in [0.25, 0.3) is 0 Å². The molecule has 2 amide bonds. The normalized spacial score (nSPS) is 21.5. The largest absolute Gasteiger partial charge is 0.491 e. The van der Waals surface area contributed by atoms with Crippen LogP contribution in [0.3, 0.4) is 0 Å². The van der Waals surface area contributed by atoms with E-state index in [4.69, 9.17) is 16.3 Å². The van der Waals surface area contributed by atoms with Crippen LogP contribution in [-0.4, -0.2) is 41.8 Å². The van der Waals surface area contributed by atoms with E-state index in [0.717, 1.165) is 0 Å². The summed E-state index contributed by atoms with van der Waals surface area (Å²) in [7, 11) is 0. The molecule has 0 aromatic heterocycles. The Hall–Kier alpha value is -1.46. The molecule has 1 saturated heterocycles. The molecule has 1 unspecified atom stereocenters. The molecule has 6 heteroatoms. The van der Waals surface area contributed by atoms with E-state index in [9.17, 15) is 9.90 Å². The molecule has 22 heavy (non-hydrogen) atoms. The van der Waals surface area contributed by atoms with E-state index in [2.05, 4.69) is 5.32 Å². The van der Waals surface area contributed by atoms with Crippen LogP contribution in [0.4, 0.5) is 10.5 Å². The molecule has 0 radical (unpaired) electrons. The number of amides is 2. The van der Waals surface area contributed by atoms with Gasteiger partial charge in [-0.25, -0.2) is 4.79 Å². The van der Waals surface area contributed by atoms with Crippen LogP contribution >= 0.6 is 11.6 Å². The molecule has 1 saturated carbocycles. The topological polar surface area (TPSA) is 61.8 Å². The number of rotatable bonds is 4. The van der Waals surface area contributed by atoms with Gasteiger partial charge in [0.25, 0.3) is 0 Å². The summed E-state index contributed by atoms with van der Waals surface area (Å²) in [6.45, 7) is 1.60. The molecule has 120 valence electrons. The van der Waals surface area contributed by atoms with Gasteiger partial charge in [0.2, 0.25) is 0 Å². The first-order valence-electron chi connectivity index (χ1n) is 7.78. The quantitative estimate of drug-likeness (QED) is 0.894. The van der Waals surface area contributed by atoms with E-state index in [1.165, 1.54) is 19.3 Å². The van der Waals surface area contributed by atoms with Crippen molar-refractivity contribution in [2.45, 2.75) is 31.8 Å². The SMILES string of the molecule is O=C(Nc1cc(Cl)ccc1OCC1CCC1)N1CCC(O)C1. The van der Waals surface area contributed by atoms with Gasteiger partial charge >= 0.3 is 6.03 Å². The Labute approximate surface area is 135 Å². The fourth-order valence-corrected chi connectivity index (χ4v) is 2.89. The zero-order chi connectivity index (χ0) is 15.5. The highest BCUT2D eigenvalue weighted by molar-refractivity contribution is 6.31. The third kappa shape index (κ3) is 3.65. The maximum Gasteiger partial charge on any atom is 0.322 e. The minimum absolute atomic E-state index is 0.229. The summed E-state index contributed by atoms with van der Waals surface area (Å²) < 4.78 is 5.84. The van der Waals surface area contributed by atoms with Gasteiger partial charge in [-0.3, -0.25) is 0 Å². The number of hydrogen-bond acceptors (Lipinski definition) is 3. The Kier molecular flexibility index (Phi) is 4.74. The number of β-amino-alcohol motifs (C(OH)–C–C–N with tert-alkyl or cyclic N) is 1. The summed E-state index contributed by atoms with van der Waals surface area (Å²) in [5, 5.41) is 12.9. The Morgan fingerprint density at radius 2 is 2.23 bits per heavy atom. The van der Waals surface area contributed by atoms with Crippen molar-refractivity contribution in [2.75, 3.05) is 25.0 Å². The highest BCUT2D eigenvalue weighted by Gasteiger charge is 2.25. The van der Waals surface area contributed by atoms with Gasteiger partial charge < -0.3 is 20.1 Å².